The van der Waals surface area contributed by atoms with Crippen LogP contribution in [0.5, 0.6) is 0 Å². The number of carbonyl (C=O) groups excluding carboxylic acids is 2. The van der Waals surface area contributed by atoms with Crippen LogP contribution in [0.2, 0.25) is 0 Å². The molecule has 1 aromatic heterocycles. The zero-order valence-corrected chi connectivity index (χ0v) is 10.6. The fourth-order valence-corrected chi connectivity index (χ4v) is 2.13. The van der Waals surface area contributed by atoms with Gasteiger partial charge in [0, 0.05) is 37.9 Å². The van der Waals surface area contributed by atoms with E-state index in [4.69, 9.17) is 0 Å². The number of amides is 2. The first-order valence-corrected chi connectivity index (χ1v) is 6.05. The van der Waals surface area contributed by atoms with Crippen molar-refractivity contribution in [3.63, 3.8) is 0 Å². The lowest BCUT2D eigenvalue weighted by atomic mass is 10.2. The van der Waals surface area contributed by atoms with Crippen LogP contribution in [0.4, 0.5) is 0 Å². The van der Waals surface area contributed by atoms with Gasteiger partial charge in [-0.15, -0.1) is 0 Å². The van der Waals surface area contributed by atoms with Crippen LogP contribution in [-0.2, 0) is 4.79 Å². The van der Waals surface area contributed by atoms with E-state index in [-0.39, 0.29) is 17.9 Å². The molecule has 1 atom stereocenters. The van der Waals surface area contributed by atoms with Crippen molar-refractivity contribution < 1.29 is 9.59 Å². The summed E-state index contributed by atoms with van der Waals surface area (Å²) < 4.78 is 0. The molecule has 96 valence electrons. The van der Waals surface area contributed by atoms with Crippen molar-refractivity contribution in [1.82, 2.24) is 15.2 Å². The molecule has 1 aliphatic heterocycles. The lowest BCUT2D eigenvalue weighted by Gasteiger charge is -2.16. The van der Waals surface area contributed by atoms with Crippen molar-refractivity contribution in [1.29, 1.82) is 0 Å². The minimum atomic E-state index is -0.0497. The number of likely N-dealkylation sites (tertiary alicyclic amines) is 1. The number of aryl methyl sites for hydroxylation is 1. The molecule has 5 heteroatoms. The van der Waals surface area contributed by atoms with Crippen molar-refractivity contribution in [3.8, 4) is 0 Å². The summed E-state index contributed by atoms with van der Waals surface area (Å²) in [4.78, 5) is 29.0. The number of pyridine rings is 1. The third-order valence-electron chi connectivity index (χ3n) is 3.04. The van der Waals surface area contributed by atoms with Crippen LogP contribution in [0.15, 0.2) is 18.3 Å². The van der Waals surface area contributed by atoms with Gasteiger partial charge in [-0.25, -0.2) is 0 Å². The number of hydrogen-bond acceptors (Lipinski definition) is 3. The molecular weight excluding hydrogens is 230 g/mol. The first kappa shape index (κ1) is 12.5. The highest BCUT2D eigenvalue weighted by atomic mass is 16.2. The first-order chi connectivity index (χ1) is 8.56. The average molecular weight is 247 g/mol. The summed E-state index contributed by atoms with van der Waals surface area (Å²) in [6.07, 6.45) is 2.41. The molecule has 0 saturated carbocycles. The summed E-state index contributed by atoms with van der Waals surface area (Å²) in [6.45, 7) is 4.63. The monoisotopic (exact) mass is 247 g/mol. The molecule has 1 N–H and O–H groups in total. The molecule has 2 rings (SSSR count). The number of nitrogens with one attached hydrogen (secondary N) is 1. The van der Waals surface area contributed by atoms with Gasteiger partial charge in [-0.2, -0.15) is 0 Å². The highest BCUT2D eigenvalue weighted by Gasteiger charge is 2.27. The van der Waals surface area contributed by atoms with Gasteiger partial charge < -0.3 is 10.2 Å². The molecule has 0 aromatic carbocycles. The maximum atomic E-state index is 12.2. The Kier molecular flexibility index (Phi) is 3.60. The molecule has 1 aliphatic rings. The van der Waals surface area contributed by atoms with Crippen LogP contribution in [-0.4, -0.2) is 40.8 Å². The molecule has 18 heavy (non-hydrogen) atoms. The summed E-state index contributed by atoms with van der Waals surface area (Å²) >= 11 is 0. The molecule has 1 saturated heterocycles. The van der Waals surface area contributed by atoms with Gasteiger partial charge in [0.05, 0.1) is 5.56 Å². The van der Waals surface area contributed by atoms with Gasteiger partial charge in [-0.1, -0.05) is 0 Å². The van der Waals surface area contributed by atoms with Crippen LogP contribution >= 0.6 is 0 Å². The van der Waals surface area contributed by atoms with Crippen molar-refractivity contribution in [2.45, 2.75) is 26.3 Å². The number of aromatic nitrogens is 1. The van der Waals surface area contributed by atoms with Gasteiger partial charge in [0.25, 0.3) is 5.91 Å². The summed E-state index contributed by atoms with van der Waals surface area (Å²) in [5.41, 5.74) is 1.49. The minimum Gasteiger partial charge on any atom is -0.352 e. The Bertz CT molecular complexity index is 456. The predicted octanol–water partition coefficient (Wildman–Crippen LogP) is 0.741. The number of carbonyl (C=O) groups is 2. The fourth-order valence-electron chi connectivity index (χ4n) is 2.13. The van der Waals surface area contributed by atoms with Gasteiger partial charge in [0.1, 0.15) is 0 Å². The largest absolute Gasteiger partial charge is 0.352 e. The molecule has 1 fully saturated rings. The van der Waals surface area contributed by atoms with E-state index in [1.165, 1.54) is 6.92 Å². The zero-order chi connectivity index (χ0) is 13.1. The van der Waals surface area contributed by atoms with E-state index in [1.807, 2.05) is 13.0 Å². The van der Waals surface area contributed by atoms with Gasteiger partial charge in [-0.05, 0) is 25.5 Å². The first-order valence-electron chi connectivity index (χ1n) is 6.05. The van der Waals surface area contributed by atoms with Gasteiger partial charge in [-0.3, -0.25) is 14.6 Å². The third kappa shape index (κ3) is 2.85. The molecule has 0 radical (unpaired) electrons. The second-order valence-corrected chi connectivity index (χ2v) is 4.63. The van der Waals surface area contributed by atoms with E-state index in [9.17, 15) is 9.59 Å². The number of nitrogens with zero attached hydrogens (tertiary/aromatic N) is 2. The SMILES string of the molecule is CC(=O)NC1CCN(C(=O)c2ccc(C)nc2)C1. The van der Waals surface area contributed by atoms with E-state index in [0.717, 1.165) is 12.1 Å². The molecule has 2 amide bonds. The van der Waals surface area contributed by atoms with E-state index in [1.54, 1.807) is 17.2 Å². The maximum Gasteiger partial charge on any atom is 0.255 e. The van der Waals surface area contributed by atoms with Crippen molar-refractivity contribution in [2.24, 2.45) is 0 Å². The normalized spacial score (nSPS) is 18.8. The molecule has 5 nitrogen and oxygen atoms in total. The van der Waals surface area contributed by atoms with Gasteiger partial charge in [0.2, 0.25) is 5.91 Å². The van der Waals surface area contributed by atoms with Gasteiger partial charge in [0.15, 0.2) is 0 Å². The Morgan fingerprint density at radius 3 is 2.83 bits per heavy atom. The van der Waals surface area contributed by atoms with Crippen LogP contribution in [0.3, 0.4) is 0 Å². The molecule has 1 unspecified atom stereocenters. The number of rotatable bonds is 2. The topological polar surface area (TPSA) is 62.3 Å². The van der Waals surface area contributed by atoms with Crippen molar-refractivity contribution in [2.75, 3.05) is 13.1 Å². The van der Waals surface area contributed by atoms with E-state index in [0.29, 0.717) is 18.7 Å². The Hall–Kier alpha value is -1.91. The second-order valence-electron chi connectivity index (χ2n) is 4.63. The van der Waals surface area contributed by atoms with Crippen LogP contribution < -0.4 is 5.32 Å². The maximum absolute atomic E-state index is 12.2. The Morgan fingerprint density at radius 1 is 1.44 bits per heavy atom. The second kappa shape index (κ2) is 5.16. The highest BCUT2D eigenvalue weighted by molar-refractivity contribution is 5.94. The Balaban J connectivity index is 1.99. The van der Waals surface area contributed by atoms with Crippen molar-refractivity contribution >= 4 is 11.8 Å². The average Bonchev–Trinajstić information content (AvgIpc) is 2.76. The van der Waals surface area contributed by atoms with E-state index in [2.05, 4.69) is 10.3 Å². The summed E-state index contributed by atoms with van der Waals surface area (Å²) in [7, 11) is 0. The van der Waals surface area contributed by atoms with Crippen LogP contribution in [0.1, 0.15) is 29.4 Å². The third-order valence-corrected chi connectivity index (χ3v) is 3.04. The van der Waals surface area contributed by atoms with Crippen molar-refractivity contribution in [3.05, 3.63) is 29.6 Å². The standard InChI is InChI=1S/C13H17N3O2/c1-9-3-4-11(7-14-9)13(18)16-6-5-12(8-16)15-10(2)17/h3-4,7,12H,5-6,8H2,1-2H3,(H,15,17). The highest BCUT2D eigenvalue weighted by Crippen LogP contribution is 2.13. The molecular formula is C13H17N3O2. The number of hydrogen-bond donors (Lipinski definition) is 1. The molecule has 0 spiro atoms. The summed E-state index contributed by atoms with van der Waals surface area (Å²) in [6, 6.07) is 3.69. The van der Waals surface area contributed by atoms with E-state index < -0.39 is 0 Å². The fraction of sp³-hybridized carbons (Fsp3) is 0.462. The quantitative estimate of drug-likeness (QED) is 0.838. The summed E-state index contributed by atoms with van der Waals surface area (Å²) in [5.74, 6) is -0.0679. The lowest BCUT2D eigenvalue weighted by molar-refractivity contribution is -0.119. The van der Waals surface area contributed by atoms with Crippen LogP contribution in [0.25, 0.3) is 0 Å². The van der Waals surface area contributed by atoms with Gasteiger partial charge >= 0.3 is 0 Å². The smallest absolute Gasteiger partial charge is 0.255 e. The Labute approximate surface area is 106 Å². The zero-order valence-electron chi connectivity index (χ0n) is 10.6. The van der Waals surface area contributed by atoms with E-state index >= 15 is 0 Å². The molecule has 2 heterocycles. The summed E-state index contributed by atoms with van der Waals surface area (Å²) in [5, 5.41) is 2.84. The predicted molar refractivity (Wildman–Crippen MR) is 67.1 cm³/mol. The molecule has 0 aliphatic carbocycles. The van der Waals surface area contributed by atoms with Crippen LogP contribution in [0, 0.1) is 6.92 Å². The minimum absolute atomic E-state index is 0.0182. The lowest BCUT2D eigenvalue weighted by Crippen LogP contribution is -2.37. The molecule has 1 aromatic rings. The Morgan fingerprint density at radius 2 is 2.22 bits per heavy atom. The molecule has 0 bridgehead atoms.